The second kappa shape index (κ2) is 12.1. The number of rotatable bonds is 10. The third-order valence-corrected chi connectivity index (χ3v) is 7.95. The Kier molecular flexibility index (Phi) is 10.2. The number of alkyl halides is 1. The van der Waals surface area contributed by atoms with E-state index in [1.165, 1.54) is 34.4 Å². The Balaban J connectivity index is 2.19. The maximum atomic E-state index is 6.33. The Hall–Kier alpha value is -0.880. The van der Waals surface area contributed by atoms with Crippen molar-refractivity contribution < 1.29 is 4.74 Å². The van der Waals surface area contributed by atoms with Crippen LogP contribution in [0.15, 0.2) is 47.9 Å². The predicted molar refractivity (Wildman–Crippen MR) is 138 cm³/mol. The molecule has 0 radical (unpaired) electrons. The average Bonchev–Trinajstić information content (AvgIpc) is 2.67. The van der Waals surface area contributed by atoms with Crippen molar-refractivity contribution in [1.82, 2.24) is 0 Å². The minimum Gasteiger partial charge on any atom is -0.489 e. The summed E-state index contributed by atoms with van der Waals surface area (Å²) in [5, 5.41) is 0. The molecule has 2 N–H and O–H groups in total. The largest absolute Gasteiger partial charge is 0.489 e. The van der Waals surface area contributed by atoms with Gasteiger partial charge in [0.25, 0.3) is 0 Å². The van der Waals surface area contributed by atoms with E-state index >= 15 is 0 Å². The van der Waals surface area contributed by atoms with Gasteiger partial charge in [-0.15, -0.1) is 11.8 Å². The molecular weight excluding hydrogens is 489 g/mol. The molecule has 0 fully saturated rings. The zero-order valence-corrected chi connectivity index (χ0v) is 21.5. The average molecular weight is 526 g/mol. The predicted octanol–water partition coefficient (Wildman–Crippen LogP) is 7.75. The molecule has 1 aliphatic rings. The minimum absolute atomic E-state index is 0.150. The van der Waals surface area contributed by atoms with Gasteiger partial charge in [0, 0.05) is 10.8 Å². The van der Waals surface area contributed by atoms with E-state index in [0.717, 1.165) is 30.7 Å². The Morgan fingerprint density at radius 2 is 2.10 bits per heavy atom. The van der Waals surface area contributed by atoms with Crippen molar-refractivity contribution in [3.05, 3.63) is 64.6 Å². The number of allylic oxidation sites excluding steroid dienone is 4. The van der Waals surface area contributed by atoms with E-state index in [-0.39, 0.29) is 6.10 Å². The molecule has 2 unspecified atom stereocenters. The van der Waals surface area contributed by atoms with Crippen molar-refractivity contribution in [2.24, 2.45) is 11.7 Å². The zero-order valence-electron chi connectivity index (χ0n) is 18.5. The Morgan fingerprint density at radius 1 is 1.34 bits per heavy atom. The van der Waals surface area contributed by atoms with Crippen LogP contribution in [0.4, 0.5) is 0 Å². The summed E-state index contributed by atoms with van der Waals surface area (Å²) in [5.41, 5.74) is 11.5. The molecule has 0 heterocycles. The van der Waals surface area contributed by atoms with Crippen LogP contribution in [0.2, 0.25) is 0 Å². The van der Waals surface area contributed by atoms with E-state index in [2.05, 4.69) is 79.8 Å². The van der Waals surface area contributed by atoms with Crippen LogP contribution in [0.1, 0.15) is 70.1 Å². The summed E-state index contributed by atoms with van der Waals surface area (Å²) < 4.78 is 6.25. The van der Waals surface area contributed by atoms with Crippen LogP contribution in [0, 0.1) is 12.8 Å². The normalized spacial score (nSPS) is 18.4. The van der Waals surface area contributed by atoms with E-state index in [4.69, 9.17) is 10.5 Å². The second-order valence-electron chi connectivity index (χ2n) is 7.93. The molecule has 0 aliphatic heterocycles. The molecule has 2 nitrogen and oxygen atoms in total. The van der Waals surface area contributed by atoms with Crippen LogP contribution >= 0.6 is 34.4 Å². The Labute approximate surface area is 195 Å². The van der Waals surface area contributed by atoms with Gasteiger partial charge in [0.05, 0.1) is 15.1 Å². The third-order valence-electron chi connectivity index (χ3n) is 5.05. The molecule has 0 bridgehead atoms. The summed E-state index contributed by atoms with van der Waals surface area (Å²) in [4.78, 5) is 1.40. The van der Waals surface area contributed by atoms with Crippen molar-refractivity contribution >= 4 is 39.3 Å². The monoisotopic (exact) mass is 525 g/mol. The van der Waals surface area contributed by atoms with Crippen molar-refractivity contribution in [2.75, 3.05) is 0 Å². The molecule has 0 saturated carbocycles. The fourth-order valence-corrected chi connectivity index (χ4v) is 6.02. The van der Waals surface area contributed by atoms with Gasteiger partial charge in [0.2, 0.25) is 0 Å². The molecule has 4 heteroatoms. The van der Waals surface area contributed by atoms with Gasteiger partial charge in [-0.25, -0.2) is 0 Å². The van der Waals surface area contributed by atoms with Gasteiger partial charge in [-0.2, -0.15) is 0 Å². The first kappa shape index (κ1) is 24.4. The summed E-state index contributed by atoms with van der Waals surface area (Å²) in [6, 6.07) is 6.74. The van der Waals surface area contributed by atoms with Gasteiger partial charge in [-0.1, -0.05) is 73.2 Å². The topological polar surface area (TPSA) is 35.2 Å². The van der Waals surface area contributed by atoms with Crippen LogP contribution in [0.5, 0.6) is 0 Å². The molecule has 1 aliphatic carbocycles. The molecule has 2 rings (SSSR count). The van der Waals surface area contributed by atoms with Crippen molar-refractivity contribution in [3.8, 4) is 0 Å². The smallest absolute Gasteiger partial charge is 0.138 e. The van der Waals surface area contributed by atoms with Crippen LogP contribution in [0.25, 0.3) is 4.91 Å². The van der Waals surface area contributed by atoms with Gasteiger partial charge in [0.15, 0.2) is 0 Å². The fraction of sp³-hybridized carbons (Fsp3) is 0.520. The number of halogens is 1. The third kappa shape index (κ3) is 7.09. The molecule has 0 spiro atoms. The maximum absolute atomic E-state index is 6.33. The number of hydrogen-bond donors (Lipinski definition) is 1. The van der Waals surface area contributed by atoms with Crippen LogP contribution in [0.3, 0.4) is 0 Å². The lowest BCUT2D eigenvalue weighted by atomic mass is 9.96. The number of nitrogens with two attached hydrogens (primary N) is 1. The van der Waals surface area contributed by atoms with Crippen LogP contribution in [-0.2, 0) is 11.2 Å². The quantitative estimate of drug-likeness (QED) is 0.251. The standard InChI is InChI=1S/C25H36INOS/c1-6-8-12-20-18(5)11-9-13-21(20)24(10-7-2)29-25(26)19-14-15-23(22(27)16-19)28-17(3)4/h9-11,13-15,17,19,25H,6-8,12,16,27H2,1-5H3/b24-10-. The molecular formula is C25H36INOS. The highest BCUT2D eigenvalue weighted by atomic mass is 127. The number of unbranched alkanes of at least 4 members (excludes halogenated alkanes) is 1. The van der Waals surface area contributed by atoms with E-state index in [1.807, 2.05) is 25.6 Å². The van der Waals surface area contributed by atoms with Gasteiger partial charge in [-0.05, 0) is 69.2 Å². The SMILES string of the molecule is CC/C=C(\SC(I)C1C=CC(OC(C)C)=C(N)C1)c1cccc(C)c1CCCC. The number of hydrogen-bond acceptors (Lipinski definition) is 3. The van der Waals surface area contributed by atoms with E-state index < -0.39 is 0 Å². The summed E-state index contributed by atoms with van der Waals surface area (Å²) in [7, 11) is 0. The summed E-state index contributed by atoms with van der Waals surface area (Å²) in [5.74, 6) is 1.25. The second-order valence-corrected chi connectivity index (χ2v) is 11.3. The highest BCUT2D eigenvalue weighted by Gasteiger charge is 2.25. The summed E-state index contributed by atoms with van der Waals surface area (Å²) >= 11 is 4.57. The van der Waals surface area contributed by atoms with Gasteiger partial charge in [-0.3, -0.25) is 0 Å². The van der Waals surface area contributed by atoms with Crippen molar-refractivity contribution in [2.45, 2.75) is 76.1 Å². The van der Waals surface area contributed by atoms with E-state index in [1.54, 1.807) is 0 Å². The lowest BCUT2D eigenvalue weighted by molar-refractivity contribution is 0.152. The van der Waals surface area contributed by atoms with E-state index in [0.29, 0.717) is 9.17 Å². The Bertz CT molecular complexity index is 766. The molecule has 0 amide bonds. The number of ether oxygens (including phenoxy) is 1. The molecule has 0 saturated heterocycles. The summed E-state index contributed by atoms with van der Waals surface area (Å²) in [6.45, 7) is 10.8. The first-order valence-electron chi connectivity index (χ1n) is 10.8. The molecule has 1 aromatic rings. The highest BCUT2D eigenvalue weighted by Crippen LogP contribution is 2.43. The van der Waals surface area contributed by atoms with Gasteiger partial charge in [0.1, 0.15) is 5.76 Å². The van der Waals surface area contributed by atoms with Gasteiger partial charge < -0.3 is 10.5 Å². The highest BCUT2D eigenvalue weighted by molar-refractivity contribution is 14.1. The fourth-order valence-electron chi connectivity index (χ4n) is 3.52. The first-order chi connectivity index (χ1) is 13.9. The maximum Gasteiger partial charge on any atom is 0.138 e. The number of aryl methyl sites for hydroxylation is 1. The molecule has 29 heavy (non-hydrogen) atoms. The molecule has 2 atom stereocenters. The van der Waals surface area contributed by atoms with Crippen LogP contribution in [-0.4, -0.2) is 9.36 Å². The van der Waals surface area contributed by atoms with Crippen LogP contribution < -0.4 is 5.73 Å². The van der Waals surface area contributed by atoms with Gasteiger partial charge >= 0.3 is 0 Å². The molecule has 160 valence electrons. The van der Waals surface area contributed by atoms with Crippen molar-refractivity contribution in [1.29, 1.82) is 0 Å². The number of thioether (sulfide) groups is 1. The zero-order chi connectivity index (χ0) is 21.4. The molecule has 1 aromatic carbocycles. The first-order valence-corrected chi connectivity index (χ1v) is 12.9. The Morgan fingerprint density at radius 3 is 2.72 bits per heavy atom. The van der Waals surface area contributed by atoms with E-state index in [9.17, 15) is 0 Å². The lowest BCUT2D eigenvalue weighted by Crippen LogP contribution is -2.19. The summed E-state index contributed by atoms with van der Waals surface area (Å²) in [6.07, 6.45) is 12.4. The lowest BCUT2D eigenvalue weighted by Gasteiger charge is -2.26. The number of benzene rings is 1. The molecule has 0 aromatic heterocycles. The van der Waals surface area contributed by atoms with Crippen molar-refractivity contribution in [3.63, 3.8) is 0 Å². The minimum atomic E-state index is 0.150.